The fourth-order valence-corrected chi connectivity index (χ4v) is 16.9. The molecule has 0 aliphatic carbocycles. The normalized spacial score (nSPS) is 12.9. The second-order valence-corrected chi connectivity index (χ2v) is 32.4. The molecule has 0 fully saturated rings. The summed E-state index contributed by atoms with van der Waals surface area (Å²) in [6.07, 6.45) is 0. The van der Waals surface area contributed by atoms with Crippen molar-refractivity contribution in [2.24, 2.45) is 0 Å². The molecule has 0 unspecified atom stereocenters. The van der Waals surface area contributed by atoms with E-state index < -0.39 is 0 Å². The summed E-state index contributed by atoms with van der Waals surface area (Å²) in [4.78, 5) is 5.41. The van der Waals surface area contributed by atoms with E-state index in [1.807, 2.05) is 0 Å². The Hall–Kier alpha value is -12.4. The Kier molecular flexibility index (Phi) is 15.4. The summed E-state index contributed by atoms with van der Waals surface area (Å²) >= 11 is 0. The van der Waals surface area contributed by atoms with Crippen molar-refractivity contribution < 1.29 is 8.83 Å². The first-order chi connectivity index (χ1) is 52.0. The van der Waals surface area contributed by atoms with Gasteiger partial charge >= 0.3 is 0 Å². The molecular weight excluding hydrogens is 1300 g/mol. The van der Waals surface area contributed by atoms with Crippen molar-refractivity contribution in [2.75, 3.05) is 9.80 Å². The van der Waals surface area contributed by atoms with Crippen LogP contribution in [0.25, 0.3) is 133 Å². The number of anilines is 6. The molecule has 0 amide bonds. The maximum absolute atomic E-state index is 7.28. The van der Waals surface area contributed by atoms with Crippen LogP contribution in [0.4, 0.5) is 34.1 Å². The predicted octanol–water partition coefficient (Wildman–Crippen LogP) is 26.8. The van der Waals surface area contributed by atoms with Gasteiger partial charge < -0.3 is 18.6 Å². The minimum absolute atomic E-state index is 0.284. The highest BCUT2D eigenvalue weighted by atomic mass is 16.3. The van der Waals surface area contributed by atoms with Gasteiger partial charge in [0.05, 0.1) is 11.4 Å². The lowest BCUT2D eigenvalue weighted by atomic mass is 9.33. The minimum atomic E-state index is -0.371. The van der Waals surface area contributed by atoms with Crippen LogP contribution in [-0.4, -0.2) is 6.71 Å². The number of nitrogens with zero attached hydrogens (tertiary/aromatic N) is 2. The zero-order valence-electron chi connectivity index (χ0n) is 62.0. The van der Waals surface area contributed by atoms with Gasteiger partial charge in [0.2, 0.25) is 0 Å². The molecule has 4 heterocycles. The first-order valence-electron chi connectivity index (χ1n) is 37.6. The molecule has 5 heteroatoms. The fourth-order valence-electron chi connectivity index (χ4n) is 16.9. The highest BCUT2D eigenvalue weighted by molar-refractivity contribution is 7.00. The first-order valence-corrected chi connectivity index (χ1v) is 37.6. The number of benzene rings is 15. The van der Waals surface area contributed by atoms with Crippen molar-refractivity contribution in [2.45, 2.75) is 78.6 Å². The van der Waals surface area contributed by atoms with Crippen molar-refractivity contribution >= 4 is 101 Å². The molecule has 2 aliphatic heterocycles. The molecule has 514 valence electrons. The van der Waals surface area contributed by atoms with Crippen molar-refractivity contribution in [3.63, 3.8) is 0 Å². The molecule has 0 radical (unpaired) electrons. The average Bonchev–Trinajstić information content (AvgIpc) is 1.04. The van der Waals surface area contributed by atoms with Gasteiger partial charge in [-0.2, -0.15) is 0 Å². The van der Waals surface area contributed by atoms with Crippen LogP contribution < -0.4 is 26.2 Å². The molecule has 15 aromatic carbocycles. The van der Waals surface area contributed by atoms with E-state index in [0.717, 1.165) is 167 Å². The molecule has 17 aromatic rings. The van der Waals surface area contributed by atoms with Crippen molar-refractivity contribution in [3.05, 3.63) is 344 Å². The monoisotopic (exact) mass is 1380 g/mol. The standard InChI is InChI=1S/C102H81BN2O2/c1-100(2,3)74-58-83(72-40-26-38-68(54-72)64-30-14-10-15-31-64)96(85(60-74)81-46-28-44-79-77-42-22-24-48-93(77)106-98(79)81)104-89-52-50-70(66-34-18-12-19-35-66)56-87(89)103-88-57-71(67-36-20-13-21-37-67)51-53-90(88)105(92-63-76(102(7,8)9)62-91(104)95(92)103)97-84(73-41-27-39-69(55-73)65-32-16-11-17-33-65)59-75(101(4,5)6)61-86(97)82-47-29-45-80-78-43-23-25-49-94(78)107-99(80)82/h10-63H,1-9H3. The molecule has 4 nitrogen and oxygen atoms in total. The smallest absolute Gasteiger partial charge is 0.252 e. The molecule has 2 aliphatic rings. The van der Waals surface area contributed by atoms with Gasteiger partial charge in [-0.05, 0) is 178 Å². The quantitative estimate of drug-likeness (QED) is 0.128. The number of hydrogen-bond donors (Lipinski definition) is 0. The van der Waals surface area contributed by atoms with Crippen molar-refractivity contribution in [1.82, 2.24) is 0 Å². The number of hydrogen-bond acceptors (Lipinski definition) is 4. The summed E-state index contributed by atoms with van der Waals surface area (Å²) in [6.45, 7) is 21.0. The van der Waals surface area contributed by atoms with Gasteiger partial charge in [-0.3, -0.25) is 0 Å². The van der Waals surface area contributed by atoms with E-state index in [-0.39, 0.29) is 23.0 Å². The third-order valence-corrected chi connectivity index (χ3v) is 22.5. The predicted molar refractivity (Wildman–Crippen MR) is 455 cm³/mol. The fraction of sp³-hybridized carbons (Fsp3) is 0.118. The van der Waals surface area contributed by atoms with E-state index in [9.17, 15) is 0 Å². The van der Waals surface area contributed by atoms with Crippen molar-refractivity contribution in [1.29, 1.82) is 0 Å². The Morgan fingerprint density at radius 1 is 0.234 bits per heavy atom. The largest absolute Gasteiger partial charge is 0.455 e. The lowest BCUT2D eigenvalue weighted by Gasteiger charge is -2.47. The highest BCUT2D eigenvalue weighted by Crippen LogP contribution is 2.57. The highest BCUT2D eigenvalue weighted by Gasteiger charge is 2.47. The maximum Gasteiger partial charge on any atom is 0.252 e. The van der Waals surface area contributed by atoms with Crippen LogP contribution in [-0.2, 0) is 16.2 Å². The Balaban J connectivity index is 1.01. The molecule has 2 aromatic heterocycles. The first kappa shape index (κ1) is 65.3. The summed E-state index contributed by atoms with van der Waals surface area (Å²) in [7, 11) is 0. The Labute approximate surface area is 627 Å². The molecule has 0 saturated heterocycles. The van der Waals surface area contributed by atoms with E-state index >= 15 is 0 Å². The Bertz CT molecular complexity index is 6000. The van der Waals surface area contributed by atoms with Crippen LogP contribution >= 0.6 is 0 Å². The van der Waals surface area contributed by atoms with Gasteiger partial charge in [-0.1, -0.05) is 317 Å². The average molecular weight is 1380 g/mol. The van der Waals surface area contributed by atoms with Gasteiger partial charge in [0.1, 0.15) is 22.3 Å². The summed E-state index contributed by atoms with van der Waals surface area (Å²) in [5.41, 5.74) is 34.2. The van der Waals surface area contributed by atoms with Crippen LogP contribution in [0.5, 0.6) is 0 Å². The van der Waals surface area contributed by atoms with Crippen LogP contribution in [0.15, 0.2) is 336 Å². The molecule has 0 spiro atoms. The summed E-state index contributed by atoms with van der Waals surface area (Å²) < 4.78 is 14.6. The van der Waals surface area contributed by atoms with Gasteiger partial charge in [-0.15, -0.1) is 0 Å². The molecule has 0 bridgehead atoms. The molecule has 0 saturated carbocycles. The van der Waals surface area contributed by atoms with Gasteiger partial charge in [-0.25, -0.2) is 0 Å². The lowest BCUT2D eigenvalue weighted by molar-refractivity contribution is 0.590. The third kappa shape index (κ3) is 11.1. The zero-order chi connectivity index (χ0) is 72.6. The van der Waals surface area contributed by atoms with Gasteiger partial charge in [0.25, 0.3) is 6.71 Å². The van der Waals surface area contributed by atoms with Crippen LogP contribution in [0.3, 0.4) is 0 Å². The topological polar surface area (TPSA) is 32.8 Å². The molecule has 0 atom stereocenters. The summed E-state index contributed by atoms with van der Waals surface area (Å²) in [5.74, 6) is 0. The van der Waals surface area contributed by atoms with E-state index in [4.69, 9.17) is 8.83 Å². The second-order valence-electron chi connectivity index (χ2n) is 32.4. The van der Waals surface area contributed by atoms with Crippen LogP contribution in [0.1, 0.15) is 79.0 Å². The Morgan fingerprint density at radius 2 is 0.542 bits per heavy atom. The van der Waals surface area contributed by atoms with E-state index in [1.165, 1.54) is 33.1 Å². The third-order valence-electron chi connectivity index (χ3n) is 22.5. The second kappa shape index (κ2) is 25.1. The lowest BCUT2D eigenvalue weighted by Crippen LogP contribution is -2.61. The van der Waals surface area contributed by atoms with E-state index in [2.05, 4.69) is 400 Å². The molecular formula is C102H81BN2O2. The Morgan fingerprint density at radius 3 is 0.925 bits per heavy atom. The number of para-hydroxylation sites is 4. The molecule has 107 heavy (non-hydrogen) atoms. The summed E-state index contributed by atoms with van der Waals surface area (Å²) in [5, 5.41) is 4.34. The minimum Gasteiger partial charge on any atom is -0.455 e. The van der Waals surface area contributed by atoms with Crippen molar-refractivity contribution in [3.8, 4) is 89.0 Å². The van der Waals surface area contributed by atoms with Gasteiger partial charge in [0.15, 0.2) is 0 Å². The van der Waals surface area contributed by atoms with E-state index in [0.29, 0.717) is 0 Å². The van der Waals surface area contributed by atoms with Crippen LogP contribution in [0, 0.1) is 0 Å². The SMILES string of the molecule is CC(C)(C)c1cc(-c2cccc(-c3ccccc3)c2)c(N2c3ccc(-c4ccccc4)cc3B3c4cc(-c5ccccc5)ccc4N(c4c(-c5cccc(-c6ccccc6)c5)cc(C(C)(C)C)cc4-c4cccc5c4oc4ccccc45)c4cc(C(C)(C)C)cc2c43)c(-c2cccc3c2oc2ccccc23)c1. The summed E-state index contributed by atoms with van der Waals surface area (Å²) in [6, 6.07) is 123. The number of rotatable bonds is 10. The van der Waals surface area contributed by atoms with Crippen LogP contribution in [0.2, 0.25) is 0 Å². The number of furan rings is 2. The maximum atomic E-state index is 7.28. The van der Waals surface area contributed by atoms with E-state index in [1.54, 1.807) is 0 Å². The molecule has 19 rings (SSSR count). The number of fused-ring (bicyclic) bond motifs is 10. The zero-order valence-corrected chi connectivity index (χ0v) is 62.0. The van der Waals surface area contributed by atoms with Gasteiger partial charge in [0, 0.05) is 77.7 Å². The molecule has 0 N–H and O–H groups in total.